The Hall–Kier alpha value is -2.67. The molecule has 0 atom stereocenters. The molecule has 1 aliphatic rings. The highest BCUT2D eigenvalue weighted by molar-refractivity contribution is 7.13. The Morgan fingerprint density at radius 3 is 2.91 bits per heavy atom. The van der Waals surface area contributed by atoms with E-state index in [0.717, 1.165) is 11.3 Å². The number of benzene rings is 1. The smallest absolute Gasteiger partial charge is 0.275 e. The molecule has 3 rings (SSSR count). The van der Waals surface area contributed by atoms with Gasteiger partial charge >= 0.3 is 0 Å². The normalized spacial score (nSPS) is 14.3. The molecule has 1 aliphatic heterocycles. The Kier molecular flexibility index (Phi) is 4.12. The molecule has 0 saturated heterocycles. The van der Waals surface area contributed by atoms with Crippen molar-refractivity contribution < 1.29 is 9.59 Å². The number of aryl methyl sites for hydroxylation is 2. The van der Waals surface area contributed by atoms with E-state index in [-0.39, 0.29) is 18.2 Å². The number of hydrazine groups is 1. The molecule has 1 aromatic carbocycles. The van der Waals surface area contributed by atoms with Crippen LogP contribution in [0.4, 0.5) is 10.8 Å². The molecule has 23 heavy (non-hydrogen) atoms. The predicted molar refractivity (Wildman–Crippen MR) is 90.0 cm³/mol. The number of rotatable bonds is 3. The van der Waals surface area contributed by atoms with Gasteiger partial charge in [-0.1, -0.05) is 12.1 Å². The average molecular weight is 328 g/mol. The third-order valence-electron chi connectivity index (χ3n) is 3.31. The number of hydrogen-bond donors (Lipinski definition) is 2. The van der Waals surface area contributed by atoms with Crippen molar-refractivity contribution >= 4 is 34.0 Å². The fraction of sp³-hybridized carbons (Fsp3) is 0.188. The van der Waals surface area contributed by atoms with Crippen LogP contribution >= 0.6 is 11.3 Å². The maximum Gasteiger partial charge on any atom is 0.275 e. The van der Waals surface area contributed by atoms with Gasteiger partial charge in [0.05, 0.1) is 11.4 Å². The molecule has 2 amide bonds. The summed E-state index contributed by atoms with van der Waals surface area (Å²) >= 11 is 1.36. The summed E-state index contributed by atoms with van der Waals surface area (Å²) in [4.78, 5) is 28.6. The molecule has 0 unspecified atom stereocenters. The SMILES string of the molecule is Cc1cccc(N2NC(C(=O)Nc3nc(C)cs3)=CCC2=O)c1. The van der Waals surface area contributed by atoms with Gasteiger partial charge in [0, 0.05) is 11.8 Å². The summed E-state index contributed by atoms with van der Waals surface area (Å²) in [6.07, 6.45) is 1.75. The number of amides is 2. The first-order valence-corrected chi connectivity index (χ1v) is 8.01. The van der Waals surface area contributed by atoms with Crippen LogP contribution in [0, 0.1) is 13.8 Å². The fourth-order valence-corrected chi connectivity index (χ4v) is 2.89. The highest BCUT2D eigenvalue weighted by Gasteiger charge is 2.24. The zero-order chi connectivity index (χ0) is 16.4. The van der Waals surface area contributed by atoms with Crippen LogP contribution in [0.15, 0.2) is 41.4 Å². The molecule has 2 aromatic rings. The van der Waals surface area contributed by atoms with Crippen LogP contribution < -0.4 is 15.8 Å². The lowest BCUT2D eigenvalue weighted by molar-refractivity contribution is -0.119. The number of nitrogens with one attached hydrogen (secondary N) is 2. The topological polar surface area (TPSA) is 74.3 Å². The van der Waals surface area contributed by atoms with Crippen molar-refractivity contribution in [3.05, 3.63) is 52.7 Å². The van der Waals surface area contributed by atoms with Crippen LogP contribution in [0.1, 0.15) is 17.7 Å². The van der Waals surface area contributed by atoms with Crippen LogP contribution in [0.2, 0.25) is 0 Å². The number of aromatic nitrogens is 1. The van der Waals surface area contributed by atoms with Crippen molar-refractivity contribution in [2.24, 2.45) is 0 Å². The van der Waals surface area contributed by atoms with E-state index >= 15 is 0 Å². The minimum atomic E-state index is -0.315. The Morgan fingerprint density at radius 1 is 1.39 bits per heavy atom. The molecule has 2 heterocycles. The lowest BCUT2D eigenvalue weighted by atomic mass is 10.2. The van der Waals surface area contributed by atoms with Gasteiger partial charge in [-0.3, -0.25) is 20.3 Å². The first kappa shape index (κ1) is 15.2. The molecular weight excluding hydrogens is 312 g/mol. The molecule has 0 bridgehead atoms. The van der Waals surface area contributed by atoms with E-state index in [9.17, 15) is 9.59 Å². The predicted octanol–water partition coefficient (Wildman–Crippen LogP) is 2.52. The quantitative estimate of drug-likeness (QED) is 0.908. The van der Waals surface area contributed by atoms with Crippen molar-refractivity contribution in [3.63, 3.8) is 0 Å². The maximum absolute atomic E-state index is 12.3. The summed E-state index contributed by atoms with van der Waals surface area (Å²) in [5.41, 5.74) is 5.81. The van der Waals surface area contributed by atoms with Gasteiger partial charge in [0.2, 0.25) is 5.91 Å². The third kappa shape index (κ3) is 3.40. The van der Waals surface area contributed by atoms with Gasteiger partial charge in [0.15, 0.2) is 5.13 Å². The highest BCUT2D eigenvalue weighted by Crippen LogP contribution is 2.20. The van der Waals surface area contributed by atoms with Crippen LogP contribution in [0.5, 0.6) is 0 Å². The van der Waals surface area contributed by atoms with Gasteiger partial charge in [-0.25, -0.2) is 9.99 Å². The monoisotopic (exact) mass is 328 g/mol. The van der Waals surface area contributed by atoms with Gasteiger partial charge in [-0.15, -0.1) is 11.3 Å². The van der Waals surface area contributed by atoms with Crippen molar-refractivity contribution in [2.75, 3.05) is 10.3 Å². The summed E-state index contributed by atoms with van der Waals surface area (Å²) in [6, 6.07) is 7.53. The van der Waals surface area contributed by atoms with Crippen molar-refractivity contribution in [1.29, 1.82) is 0 Å². The molecule has 0 saturated carbocycles. The summed E-state index contributed by atoms with van der Waals surface area (Å²) in [5.74, 6) is -0.429. The van der Waals surface area contributed by atoms with Gasteiger partial charge in [0.25, 0.3) is 5.91 Å². The van der Waals surface area contributed by atoms with E-state index in [1.54, 1.807) is 6.08 Å². The zero-order valence-electron chi connectivity index (χ0n) is 12.8. The van der Waals surface area contributed by atoms with E-state index in [4.69, 9.17) is 0 Å². The average Bonchev–Trinajstić information content (AvgIpc) is 2.92. The fourth-order valence-electron chi connectivity index (χ4n) is 2.20. The lowest BCUT2D eigenvalue weighted by Gasteiger charge is -2.28. The number of anilines is 2. The Balaban J connectivity index is 1.76. The summed E-state index contributed by atoms with van der Waals surface area (Å²) < 4.78 is 0. The Morgan fingerprint density at radius 2 is 2.22 bits per heavy atom. The van der Waals surface area contributed by atoms with Gasteiger partial charge in [-0.2, -0.15) is 0 Å². The van der Waals surface area contributed by atoms with E-state index in [1.807, 2.05) is 43.5 Å². The number of carbonyl (C=O) groups excluding carboxylic acids is 2. The molecular formula is C16H16N4O2S. The molecule has 7 heteroatoms. The first-order chi connectivity index (χ1) is 11.0. The zero-order valence-corrected chi connectivity index (χ0v) is 13.6. The molecule has 1 aromatic heterocycles. The van der Waals surface area contributed by atoms with E-state index < -0.39 is 0 Å². The summed E-state index contributed by atoms with van der Waals surface area (Å²) in [7, 11) is 0. The largest absolute Gasteiger partial charge is 0.297 e. The number of nitrogens with zero attached hydrogens (tertiary/aromatic N) is 2. The second-order valence-corrected chi connectivity index (χ2v) is 6.11. The highest BCUT2D eigenvalue weighted by atomic mass is 32.1. The van der Waals surface area contributed by atoms with E-state index in [1.165, 1.54) is 16.3 Å². The van der Waals surface area contributed by atoms with Gasteiger partial charge in [0.1, 0.15) is 5.70 Å². The molecule has 6 nitrogen and oxygen atoms in total. The van der Waals surface area contributed by atoms with Crippen molar-refractivity contribution in [2.45, 2.75) is 20.3 Å². The van der Waals surface area contributed by atoms with Gasteiger partial charge in [-0.05, 0) is 37.6 Å². The minimum Gasteiger partial charge on any atom is -0.297 e. The van der Waals surface area contributed by atoms with Crippen molar-refractivity contribution in [3.8, 4) is 0 Å². The number of hydrogen-bond acceptors (Lipinski definition) is 5. The van der Waals surface area contributed by atoms with E-state index in [2.05, 4.69) is 15.7 Å². The van der Waals surface area contributed by atoms with E-state index in [0.29, 0.717) is 16.5 Å². The second-order valence-electron chi connectivity index (χ2n) is 5.25. The van der Waals surface area contributed by atoms with Crippen LogP contribution in [0.3, 0.4) is 0 Å². The molecule has 0 spiro atoms. The Bertz CT molecular complexity index is 797. The van der Waals surface area contributed by atoms with Crippen LogP contribution in [-0.2, 0) is 9.59 Å². The van der Waals surface area contributed by atoms with Crippen LogP contribution in [-0.4, -0.2) is 16.8 Å². The lowest BCUT2D eigenvalue weighted by Crippen LogP contribution is -2.47. The second kappa shape index (κ2) is 6.21. The standard InChI is InChI=1S/C16H16N4O2S/c1-10-4-3-5-12(8-10)20-14(21)7-6-13(19-20)15(22)18-16-17-11(2)9-23-16/h3-6,8-9,19H,7H2,1-2H3,(H,17,18,22). The molecule has 0 fully saturated rings. The Labute approximate surface area is 137 Å². The summed E-state index contributed by atoms with van der Waals surface area (Å²) in [6.45, 7) is 3.81. The third-order valence-corrected chi connectivity index (χ3v) is 4.18. The van der Waals surface area contributed by atoms with Crippen molar-refractivity contribution in [1.82, 2.24) is 10.4 Å². The van der Waals surface area contributed by atoms with Gasteiger partial charge < -0.3 is 0 Å². The number of thiazole rings is 1. The maximum atomic E-state index is 12.3. The molecule has 0 radical (unpaired) electrons. The summed E-state index contributed by atoms with van der Waals surface area (Å²) in [5, 5.41) is 6.53. The van der Waals surface area contributed by atoms with Crippen LogP contribution in [0.25, 0.3) is 0 Å². The molecule has 2 N–H and O–H groups in total. The minimum absolute atomic E-state index is 0.114. The number of carbonyl (C=O) groups is 2. The molecule has 0 aliphatic carbocycles. The first-order valence-electron chi connectivity index (χ1n) is 7.13. The molecule has 118 valence electrons.